The number of ether oxygens (including phenoxy) is 1. The average Bonchev–Trinajstić information content (AvgIpc) is 2.90. The van der Waals surface area contributed by atoms with E-state index in [1.807, 2.05) is 50.3 Å². The van der Waals surface area contributed by atoms with Crippen LogP contribution in [0.4, 0.5) is 5.69 Å². The van der Waals surface area contributed by atoms with Gasteiger partial charge in [-0.25, -0.2) is 4.99 Å². The zero-order valence-corrected chi connectivity index (χ0v) is 16.5. The molecule has 0 aromatic heterocycles. The molecule has 6 heteroatoms. The second kappa shape index (κ2) is 7.45. The molecule has 25 heavy (non-hydrogen) atoms. The fourth-order valence-corrected chi connectivity index (χ4v) is 3.68. The molecule has 128 valence electrons. The highest BCUT2D eigenvalue weighted by Gasteiger charge is 2.24. The van der Waals surface area contributed by atoms with Crippen LogP contribution >= 0.6 is 27.7 Å². The number of carbonyl (C=O) groups is 1. The van der Waals surface area contributed by atoms with Gasteiger partial charge in [-0.15, -0.1) is 0 Å². The van der Waals surface area contributed by atoms with E-state index < -0.39 is 0 Å². The number of hydrogen-bond acceptors (Lipinski definition) is 4. The molecule has 4 nitrogen and oxygen atoms in total. The van der Waals surface area contributed by atoms with Crippen LogP contribution in [0.5, 0.6) is 5.75 Å². The zero-order valence-electron chi connectivity index (χ0n) is 14.1. The molecule has 1 saturated heterocycles. The first-order valence-electron chi connectivity index (χ1n) is 7.66. The number of aliphatic imine (C=N–C) groups is 1. The molecule has 2 aromatic carbocycles. The van der Waals surface area contributed by atoms with Crippen molar-refractivity contribution >= 4 is 50.5 Å². The minimum Gasteiger partial charge on any atom is -0.496 e. The first kappa shape index (κ1) is 17.8. The summed E-state index contributed by atoms with van der Waals surface area (Å²) in [5.41, 5.74) is 3.96. The summed E-state index contributed by atoms with van der Waals surface area (Å²) in [7, 11) is 1.61. The molecule has 1 heterocycles. The summed E-state index contributed by atoms with van der Waals surface area (Å²) in [6.45, 7) is 4.05. The Hall–Kier alpha value is -2.05. The minimum atomic E-state index is -0.157. The Labute approximate surface area is 159 Å². The second-order valence-electron chi connectivity index (χ2n) is 5.66. The van der Waals surface area contributed by atoms with Gasteiger partial charge in [-0.2, -0.15) is 0 Å². The molecule has 0 saturated carbocycles. The van der Waals surface area contributed by atoms with Crippen molar-refractivity contribution < 1.29 is 9.53 Å². The highest BCUT2D eigenvalue weighted by atomic mass is 79.9. The number of carbonyl (C=O) groups excluding carboxylic acids is 1. The molecule has 1 aliphatic rings. The van der Waals surface area contributed by atoms with Crippen molar-refractivity contribution in [1.82, 2.24) is 5.32 Å². The third-order valence-corrected chi connectivity index (χ3v) is 5.11. The van der Waals surface area contributed by atoms with Gasteiger partial charge in [0.2, 0.25) is 0 Å². The molecular weight excluding hydrogens is 400 g/mol. The fourth-order valence-electron chi connectivity index (χ4n) is 2.48. The summed E-state index contributed by atoms with van der Waals surface area (Å²) < 4.78 is 6.28. The standard InChI is InChI=1S/C19H17BrN2O2S/c1-11-4-6-15(12(2)8-11)21-19-22-18(23)17(25-19)10-13-9-14(20)5-7-16(13)24-3/h4-10H,1-3H3,(H,21,22,23). The maximum atomic E-state index is 12.3. The lowest BCUT2D eigenvalue weighted by atomic mass is 10.1. The van der Waals surface area contributed by atoms with E-state index in [4.69, 9.17) is 4.74 Å². The highest BCUT2D eigenvalue weighted by molar-refractivity contribution is 9.10. The van der Waals surface area contributed by atoms with Crippen LogP contribution in [0.25, 0.3) is 6.08 Å². The summed E-state index contributed by atoms with van der Waals surface area (Å²) in [6.07, 6.45) is 1.81. The van der Waals surface area contributed by atoms with Crippen LogP contribution in [-0.4, -0.2) is 18.2 Å². The number of hydrogen-bond donors (Lipinski definition) is 1. The van der Waals surface area contributed by atoms with Crippen molar-refractivity contribution in [2.45, 2.75) is 13.8 Å². The van der Waals surface area contributed by atoms with Gasteiger partial charge in [-0.1, -0.05) is 33.6 Å². The third-order valence-electron chi connectivity index (χ3n) is 3.70. The molecule has 0 bridgehead atoms. The number of halogens is 1. The van der Waals surface area contributed by atoms with Crippen molar-refractivity contribution in [3.05, 3.63) is 62.5 Å². The molecular formula is C19H17BrN2O2S. The average molecular weight is 417 g/mol. The quantitative estimate of drug-likeness (QED) is 0.718. The van der Waals surface area contributed by atoms with Crippen molar-refractivity contribution in [3.63, 3.8) is 0 Å². The van der Waals surface area contributed by atoms with Crippen molar-refractivity contribution in [2.75, 3.05) is 7.11 Å². The van der Waals surface area contributed by atoms with Crippen molar-refractivity contribution in [2.24, 2.45) is 4.99 Å². The lowest BCUT2D eigenvalue weighted by Gasteiger charge is -2.05. The monoisotopic (exact) mass is 416 g/mol. The third kappa shape index (κ3) is 4.14. The summed E-state index contributed by atoms with van der Waals surface area (Å²) in [5, 5.41) is 3.40. The molecule has 3 rings (SSSR count). The highest BCUT2D eigenvalue weighted by Crippen LogP contribution is 2.32. The number of methoxy groups -OCH3 is 1. The summed E-state index contributed by atoms with van der Waals surface area (Å²) in [5.74, 6) is 0.555. The number of thioether (sulfide) groups is 1. The summed E-state index contributed by atoms with van der Waals surface area (Å²) in [4.78, 5) is 17.4. The van der Waals surface area contributed by atoms with Gasteiger partial charge in [0.05, 0.1) is 17.7 Å². The van der Waals surface area contributed by atoms with Gasteiger partial charge in [0.25, 0.3) is 5.91 Å². The zero-order chi connectivity index (χ0) is 18.0. The Morgan fingerprint density at radius 2 is 2.00 bits per heavy atom. The molecule has 1 fully saturated rings. The molecule has 1 N–H and O–H groups in total. The molecule has 0 unspecified atom stereocenters. The Kier molecular flexibility index (Phi) is 5.30. The van der Waals surface area contributed by atoms with Crippen LogP contribution in [0.15, 0.2) is 50.8 Å². The van der Waals surface area contributed by atoms with Gasteiger partial charge in [-0.3, -0.25) is 4.79 Å². The van der Waals surface area contributed by atoms with Crippen molar-refractivity contribution in [3.8, 4) is 5.75 Å². The predicted molar refractivity (Wildman–Crippen MR) is 107 cm³/mol. The van der Waals surface area contributed by atoms with Gasteiger partial charge in [0.15, 0.2) is 5.17 Å². The normalized spacial score (nSPS) is 17.2. The topological polar surface area (TPSA) is 50.7 Å². The number of nitrogens with one attached hydrogen (secondary N) is 1. The number of amidine groups is 1. The van der Waals surface area contributed by atoms with E-state index in [1.165, 1.54) is 17.3 Å². The first-order valence-corrected chi connectivity index (χ1v) is 9.27. The largest absolute Gasteiger partial charge is 0.496 e. The predicted octanol–water partition coefficient (Wildman–Crippen LogP) is 4.97. The van der Waals surface area contributed by atoms with Gasteiger partial charge < -0.3 is 10.1 Å². The molecule has 0 radical (unpaired) electrons. The van der Waals surface area contributed by atoms with E-state index in [0.29, 0.717) is 15.8 Å². The van der Waals surface area contributed by atoms with E-state index >= 15 is 0 Å². The lowest BCUT2D eigenvalue weighted by molar-refractivity contribution is -0.115. The van der Waals surface area contributed by atoms with Crippen LogP contribution in [0.1, 0.15) is 16.7 Å². The number of aryl methyl sites for hydroxylation is 2. The van der Waals surface area contributed by atoms with Crippen LogP contribution in [-0.2, 0) is 4.79 Å². The Morgan fingerprint density at radius 1 is 1.20 bits per heavy atom. The van der Waals surface area contributed by atoms with Crippen LogP contribution < -0.4 is 10.1 Å². The van der Waals surface area contributed by atoms with E-state index in [0.717, 1.165) is 21.3 Å². The minimum absolute atomic E-state index is 0.157. The smallest absolute Gasteiger partial charge is 0.264 e. The van der Waals surface area contributed by atoms with Crippen LogP contribution in [0.2, 0.25) is 0 Å². The van der Waals surface area contributed by atoms with Gasteiger partial charge in [0, 0.05) is 10.0 Å². The maximum absolute atomic E-state index is 12.3. The second-order valence-corrected chi connectivity index (χ2v) is 7.60. The Morgan fingerprint density at radius 3 is 2.72 bits per heavy atom. The molecule has 0 atom stereocenters. The van der Waals surface area contributed by atoms with Crippen molar-refractivity contribution in [1.29, 1.82) is 0 Å². The number of nitrogens with zero attached hydrogens (tertiary/aromatic N) is 1. The summed E-state index contributed by atoms with van der Waals surface area (Å²) >= 11 is 4.77. The first-order chi connectivity index (χ1) is 12.0. The SMILES string of the molecule is COc1ccc(Br)cc1C=C1SC(=Nc2ccc(C)cc2C)NC1=O. The van der Waals surface area contributed by atoms with Gasteiger partial charge in [-0.05, 0) is 61.5 Å². The number of rotatable bonds is 3. The fraction of sp³-hybridized carbons (Fsp3) is 0.158. The van der Waals surface area contributed by atoms with Crippen LogP contribution in [0, 0.1) is 13.8 Å². The van der Waals surface area contributed by atoms with E-state index in [2.05, 4.69) is 32.3 Å². The summed E-state index contributed by atoms with van der Waals surface area (Å²) in [6, 6.07) is 11.7. The maximum Gasteiger partial charge on any atom is 0.264 e. The number of amides is 1. The molecule has 0 spiro atoms. The molecule has 2 aromatic rings. The van der Waals surface area contributed by atoms with E-state index in [-0.39, 0.29) is 5.91 Å². The van der Waals surface area contributed by atoms with Crippen LogP contribution in [0.3, 0.4) is 0 Å². The Balaban J connectivity index is 1.90. The van der Waals surface area contributed by atoms with E-state index in [9.17, 15) is 4.79 Å². The number of benzene rings is 2. The molecule has 1 amide bonds. The van der Waals surface area contributed by atoms with E-state index in [1.54, 1.807) is 7.11 Å². The molecule has 1 aliphatic heterocycles. The van der Waals surface area contributed by atoms with Gasteiger partial charge >= 0.3 is 0 Å². The Bertz CT molecular complexity index is 906. The lowest BCUT2D eigenvalue weighted by Crippen LogP contribution is -2.19. The molecule has 0 aliphatic carbocycles. The van der Waals surface area contributed by atoms with Gasteiger partial charge in [0.1, 0.15) is 5.75 Å².